The van der Waals surface area contributed by atoms with Crippen LogP contribution >= 0.6 is 0 Å². The van der Waals surface area contributed by atoms with Crippen LogP contribution in [0.25, 0.3) is 5.65 Å². The molecule has 0 saturated carbocycles. The normalized spacial score (nSPS) is 17.8. The van der Waals surface area contributed by atoms with E-state index >= 15 is 0 Å². The number of nitrogens with zero attached hydrogens (tertiary/aromatic N) is 6. The summed E-state index contributed by atoms with van der Waals surface area (Å²) in [4.78, 5) is 19.7. The van der Waals surface area contributed by atoms with Crippen LogP contribution in [0.5, 0.6) is 0 Å². The van der Waals surface area contributed by atoms with E-state index in [1.807, 2.05) is 46.3 Å². The maximum atomic E-state index is 12.9. The largest absolute Gasteiger partial charge is 0.334 e. The molecule has 26 heavy (non-hydrogen) atoms. The van der Waals surface area contributed by atoms with E-state index < -0.39 is 0 Å². The Morgan fingerprint density at radius 2 is 2.15 bits per heavy atom. The molecule has 1 saturated heterocycles. The Kier molecular flexibility index (Phi) is 4.44. The van der Waals surface area contributed by atoms with Crippen molar-refractivity contribution in [3.8, 4) is 0 Å². The van der Waals surface area contributed by atoms with Crippen molar-refractivity contribution in [3.05, 3.63) is 47.7 Å². The van der Waals surface area contributed by atoms with E-state index in [9.17, 15) is 4.79 Å². The second-order valence-corrected chi connectivity index (χ2v) is 6.99. The second kappa shape index (κ2) is 6.90. The average Bonchev–Trinajstić information content (AvgIpc) is 3.28. The van der Waals surface area contributed by atoms with Crippen LogP contribution < -0.4 is 0 Å². The van der Waals surface area contributed by atoms with Gasteiger partial charge in [-0.25, -0.2) is 9.50 Å². The number of likely N-dealkylation sites (tertiary alicyclic amines) is 1. The van der Waals surface area contributed by atoms with E-state index in [0.29, 0.717) is 13.0 Å². The average molecular weight is 352 g/mol. The molecule has 0 N–H and O–H groups in total. The Morgan fingerprint density at radius 1 is 1.27 bits per heavy atom. The monoisotopic (exact) mass is 352 g/mol. The third kappa shape index (κ3) is 3.21. The summed E-state index contributed by atoms with van der Waals surface area (Å²) in [5.41, 5.74) is 3.82. The van der Waals surface area contributed by atoms with Crippen LogP contribution in [0, 0.1) is 13.8 Å². The fourth-order valence-electron chi connectivity index (χ4n) is 3.74. The van der Waals surface area contributed by atoms with Crippen LogP contribution in [-0.4, -0.2) is 41.7 Å². The van der Waals surface area contributed by atoms with Crippen molar-refractivity contribution in [2.24, 2.45) is 0 Å². The topological polar surface area (TPSA) is 68.3 Å². The molecule has 7 heteroatoms. The van der Waals surface area contributed by atoms with Gasteiger partial charge < -0.3 is 4.90 Å². The molecule has 1 aliphatic rings. The molecule has 4 heterocycles. The molecular weight excluding hydrogens is 328 g/mol. The molecule has 0 radical (unpaired) electrons. The minimum atomic E-state index is 0.0502. The first kappa shape index (κ1) is 16.8. The van der Waals surface area contributed by atoms with E-state index in [4.69, 9.17) is 4.98 Å². The van der Waals surface area contributed by atoms with Crippen molar-refractivity contribution in [2.75, 3.05) is 6.54 Å². The predicted octanol–water partition coefficient (Wildman–Crippen LogP) is 2.69. The molecule has 136 valence electrons. The molecule has 0 unspecified atom stereocenters. The molecular formula is C19H24N6O. The van der Waals surface area contributed by atoms with Crippen molar-refractivity contribution in [3.63, 3.8) is 0 Å². The molecule has 1 fully saturated rings. The Morgan fingerprint density at radius 3 is 2.96 bits per heavy atom. The molecule has 4 rings (SSSR count). The van der Waals surface area contributed by atoms with E-state index in [-0.39, 0.29) is 11.9 Å². The number of hydrogen-bond acceptors (Lipinski definition) is 4. The van der Waals surface area contributed by atoms with Gasteiger partial charge in [0.2, 0.25) is 5.91 Å². The highest BCUT2D eigenvalue weighted by molar-refractivity contribution is 5.76. The van der Waals surface area contributed by atoms with E-state index in [2.05, 4.69) is 16.3 Å². The predicted molar refractivity (Wildman–Crippen MR) is 97.6 cm³/mol. The van der Waals surface area contributed by atoms with Gasteiger partial charge in [0.15, 0.2) is 5.65 Å². The molecule has 7 nitrogen and oxygen atoms in total. The quantitative estimate of drug-likeness (QED) is 0.724. The van der Waals surface area contributed by atoms with Crippen molar-refractivity contribution in [1.82, 2.24) is 29.3 Å². The van der Waals surface area contributed by atoms with Gasteiger partial charge in [-0.1, -0.05) is 0 Å². The third-order valence-electron chi connectivity index (χ3n) is 5.05. The second-order valence-electron chi connectivity index (χ2n) is 6.99. The molecule has 1 amide bonds. The number of carbonyl (C=O) groups is 1. The van der Waals surface area contributed by atoms with Gasteiger partial charge >= 0.3 is 0 Å². The molecule has 3 aromatic heterocycles. The third-order valence-corrected chi connectivity index (χ3v) is 5.05. The van der Waals surface area contributed by atoms with Gasteiger partial charge in [0.1, 0.15) is 0 Å². The van der Waals surface area contributed by atoms with Gasteiger partial charge in [-0.3, -0.25) is 9.48 Å². The summed E-state index contributed by atoms with van der Waals surface area (Å²) in [6.45, 7) is 5.40. The number of carbonyl (C=O) groups excluding carboxylic acids is 1. The maximum absolute atomic E-state index is 12.9. The van der Waals surface area contributed by atoms with Crippen molar-refractivity contribution < 1.29 is 4.79 Å². The number of aromatic nitrogens is 5. The molecule has 1 atom stereocenters. The lowest BCUT2D eigenvalue weighted by Gasteiger charge is -2.35. The van der Waals surface area contributed by atoms with E-state index in [1.165, 1.54) is 0 Å². The lowest BCUT2D eigenvalue weighted by molar-refractivity contribution is -0.135. The van der Waals surface area contributed by atoms with Crippen LogP contribution in [0.1, 0.15) is 48.8 Å². The standard InChI is InChI=1S/C19H24N6O/c1-14-7-11-23(22-14)12-8-19(26)24-10-4-3-5-17(24)16-13-15(2)25-18(21-16)6-9-20-25/h6-7,9,11,13,17H,3-5,8,10,12H2,1-2H3/t17-/m1/s1. The van der Waals surface area contributed by atoms with Gasteiger partial charge in [0.05, 0.1) is 23.6 Å². The van der Waals surface area contributed by atoms with E-state index in [1.54, 1.807) is 6.20 Å². The number of rotatable bonds is 4. The minimum Gasteiger partial charge on any atom is -0.334 e. The first-order valence-corrected chi connectivity index (χ1v) is 9.22. The van der Waals surface area contributed by atoms with Crippen LogP contribution in [0.3, 0.4) is 0 Å². The molecule has 0 bridgehead atoms. The number of aryl methyl sites for hydroxylation is 3. The Labute approximate surface area is 152 Å². The van der Waals surface area contributed by atoms with Crippen molar-refractivity contribution >= 4 is 11.6 Å². The number of amides is 1. The molecule has 0 aliphatic carbocycles. The summed E-state index contributed by atoms with van der Waals surface area (Å²) in [6.07, 6.45) is 7.29. The highest BCUT2D eigenvalue weighted by atomic mass is 16.2. The fraction of sp³-hybridized carbons (Fsp3) is 0.474. The summed E-state index contributed by atoms with van der Waals surface area (Å²) in [5, 5.41) is 8.66. The first-order chi connectivity index (χ1) is 12.6. The van der Waals surface area contributed by atoms with E-state index in [0.717, 1.165) is 48.5 Å². The summed E-state index contributed by atoms with van der Waals surface area (Å²) in [7, 11) is 0. The van der Waals surface area contributed by atoms with Crippen LogP contribution in [0.15, 0.2) is 30.6 Å². The highest BCUT2D eigenvalue weighted by Gasteiger charge is 2.29. The van der Waals surface area contributed by atoms with Gasteiger partial charge in [-0.15, -0.1) is 0 Å². The molecule has 3 aromatic rings. The van der Waals surface area contributed by atoms with Gasteiger partial charge in [-0.2, -0.15) is 10.2 Å². The summed E-state index contributed by atoms with van der Waals surface area (Å²) in [6, 6.07) is 5.98. The highest BCUT2D eigenvalue weighted by Crippen LogP contribution is 2.31. The number of piperidine rings is 1. The van der Waals surface area contributed by atoms with Crippen LogP contribution in [0.2, 0.25) is 0 Å². The summed E-state index contributed by atoms with van der Waals surface area (Å²) in [5.74, 6) is 0.177. The Balaban J connectivity index is 1.54. The zero-order valence-corrected chi connectivity index (χ0v) is 15.3. The van der Waals surface area contributed by atoms with Gasteiger partial charge in [0.25, 0.3) is 0 Å². The molecule has 1 aliphatic heterocycles. The molecule has 0 spiro atoms. The Bertz CT molecular complexity index is 927. The number of fused-ring (bicyclic) bond motifs is 1. The number of hydrogen-bond donors (Lipinski definition) is 0. The zero-order chi connectivity index (χ0) is 18.1. The summed E-state index contributed by atoms with van der Waals surface area (Å²) >= 11 is 0. The lowest BCUT2D eigenvalue weighted by atomic mass is 9.98. The van der Waals surface area contributed by atoms with Crippen molar-refractivity contribution in [1.29, 1.82) is 0 Å². The molecule has 0 aromatic carbocycles. The minimum absolute atomic E-state index is 0.0502. The summed E-state index contributed by atoms with van der Waals surface area (Å²) < 4.78 is 3.67. The SMILES string of the molecule is Cc1ccn(CCC(=O)N2CCCC[C@@H]2c2cc(C)n3nccc3n2)n1. The fourth-order valence-corrected chi connectivity index (χ4v) is 3.74. The van der Waals surface area contributed by atoms with Gasteiger partial charge in [0, 0.05) is 37.5 Å². The van der Waals surface area contributed by atoms with Crippen LogP contribution in [0.4, 0.5) is 0 Å². The van der Waals surface area contributed by atoms with Crippen molar-refractivity contribution in [2.45, 2.75) is 52.1 Å². The lowest BCUT2D eigenvalue weighted by Crippen LogP contribution is -2.39. The van der Waals surface area contributed by atoms with Crippen LogP contribution in [-0.2, 0) is 11.3 Å². The zero-order valence-electron chi connectivity index (χ0n) is 15.3. The maximum Gasteiger partial charge on any atom is 0.224 e. The van der Waals surface area contributed by atoms with Gasteiger partial charge in [-0.05, 0) is 45.2 Å². The smallest absolute Gasteiger partial charge is 0.224 e. The Hall–Kier alpha value is -2.70. The first-order valence-electron chi connectivity index (χ1n) is 9.22.